The van der Waals surface area contributed by atoms with Crippen LogP contribution >= 0.6 is 11.1 Å². The molecule has 0 N–H and O–H groups in total. The highest BCUT2D eigenvalue weighted by Crippen LogP contribution is 2.38. The maximum absolute atomic E-state index is 5.94. The Balaban J connectivity index is 3.89. The summed E-state index contributed by atoms with van der Waals surface area (Å²) in [6.07, 6.45) is 1.25. The van der Waals surface area contributed by atoms with Gasteiger partial charge in [-0.05, 0) is 16.9 Å². The van der Waals surface area contributed by atoms with Crippen LogP contribution in [0.4, 0.5) is 0 Å². The first-order valence-electron chi connectivity index (χ1n) is 3.83. The van der Waals surface area contributed by atoms with Gasteiger partial charge in [-0.1, -0.05) is 34.6 Å². The van der Waals surface area contributed by atoms with Gasteiger partial charge in [0, 0.05) is 0 Å². The molecule has 0 spiro atoms. The molecular formula is C8H19ClSi. The Kier molecular flexibility index (Phi) is 3.43. The van der Waals surface area contributed by atoms with Crippen molar-refractivity contribution in [2.45, 2.75) is 46.1 Å². The normalized spacial score (nSPS) is 15.0. The highest BCUT2D eigenvalue weighted by Gasteiger charge is 2.24. The molecule has 0 radical (unpaired) electrons. The van der Waals surface area contributed by atoms with Crippen LogP contribution in [0.3, 0.4) is 0 Å². The van der Waals surface area contributed by atoms with E-state index >= 15 is 0 Å². The molecule has 0 aromatic rings. The van der Waals surface area contributed by atoms with E-state index in [1.54, 1.807) is 0 Å². The molecule has 0 saturated carbocycles. The summed E-state index contributed by atoms with van der Waals surface area (Å²) in [4.78, 5) is 0. The average molecular weight is 179 g/mol. The zero-order chi connectivity index (χ0) is 8.41. The van der Waals surface area contributed by atoms with Crippen LogP contribution in [0.25, 0.3) is 0 Å². The standard InChI is InChI=1S/C8H19ClSi/c1-7(2,3)6-8(4,5)10-9/h6,10H2,1-5H3. The van der Waals surface area contributed by atoms with Crippen LogP contribution < -0.4 is 0 Å². The second-order valence-electron chi connectivity index (χ2n) is 5.04. The third-order valence-corrected chi connectivity index (χ3v) is 4.51. The Morgan fingerprint density at radius 1 is 1.10 bits per heavy atom. The van der Waals surface area contributed by atoms with Gasteiger partial charge in [-0.25, -0.2) is 0 Å². The zero-order valence-electron chi connectivity index (χ0n) is 7.79. The molecule has 0 fully saturated rings. The van der Waals surface area contributed by atoms with Gasteiger partial charge in [0.25, 0.3) is 0 Å². The first-order valence-corrected chi connectivity index (χ1v) is 6.67. The predicted molar refractivity (Wildman–Crippen MR) is 52.5 cm³/mol. The van der Waals surface area contributed by atoms with Crippen molar-refractivity contribution in [3.63, 3.8) is 0 Å². The average Bonchev–Trinajstić information content (AvgIpc) is 1.60. The minimum absolute atomic E-state index is 0.366. The lowest BCUT2D eigenvalue weighted by atomic mass is 9.86. The molecule has 62 valence electrons. The van der Waals surface area contributed by atoms with Crippen LogP contribution in [-0.2, 0) is 0 Å². The van der Waals surface area contributed by atoms with Gasteiger partial charge >= 0.3 is 0 Å². The summed E-state index contributed by atoms with van der Waals surface area (Å²) in [5.41, 5.74) is 0.436. The first kappa shape index (κ1) is 10.5. The van der Waals surface area contributed by atoms with Crippen molar-refractivity contribution >= 4 is 19.9 Å². The van der Waals surface area contributed by atoms with Crippen LogP contribution in [0.2, 0.25) is 5.04 Å². The minimum atomic E-state index is -0.366. The zero-order valence-corrected chi connectivity index (χ0v) is 9.96. The van der Waals surface area contributed by atoms with Crippen molar-refractivity contribution in [1.29, 1.82) is 0 Å². The number of hydrogen-bond donors (Lipinski definition) is 0. The van der Waals surface area contributed by atoms with E-state index in [9.17, 15) is 0 Å². The Hall–Kier alpha value is 0.507. The van der Waals surface area contributed by atoms with Crippen LogP contribution in [0.15, 0.2) is 0 Å². The van der Waals surface area contributed by atoms with E-state index in [-0.39, 0.29) is 8.83 Å². The Morgan fingerprint density at radius 2 is 1.50 bits per heavy atom. The number of rotatable bonds is 2. The molecule has 0 aliphatic heterocycles. The fraction of sp³-hybridized carbons (Fsp3) is 1.00. The minimum Gasteiger partial charge on any atom is -0.176 e. The summed E-state index contributed by atoms with van der Waals surface area (Å²) < 4.78 is 0. The van der Waals surface area contributed by atoms with E-state index in [0.29, 0.717) is 10.5 Å². The molecule has 0 aromatic carbocycles. The molecule has 0 heterocycles. The maximum atomic E-state index is 5.94. The molecule has 0 atom stereocenters. The summed E-state index contributed by atoms with van der Waals surface area (Å²) >= 11 is 5.94. The Labute approximate surface area is 71.9 Å². The largest absolute Gasteiger partial charge is 0.176 e. The molecular weight excluding hydrogens is 160 g/mol. The highest BCUT2D eigenvalue weighted by atomic mass is 35.6. The van der Waals surface area contributed by atoms with Crippen molar-refractivity contribution < 1.29 is 0 Å². The molecule has 0 bridgehead atoms. The fourth-order valence-electron chi connectivity index (χ4n) is 1.48. The quantitative estimate of drug-likeness (QED) is 0.451. The summed E-state index contributed by atoms with van der Waals surface area (Å²) in [5.74, 6) is 0. The van der Waals surface area contributed by atoms with Crippen LogP contribution in [-0.4, -0.2) is 8.83 Å². The van der Waals surface area contributed by atoms with Crippen molar-refractivity contribution in [1.82, 2.24) is 0 Å². The van der Waals surface area contributed by atoms with Gasteiger partial charge in [0.15, 0.2) is 0 Å². The van der Waals surface area contributed by atoms with Gasteiger partial charge in [-0.15, -0.1) is 0 Å². The summed E-state index contributed by atoms with van der Waals surface area (Å²) in [6, 6.07) is 0. The van der Waals surface area contributed by atoms with E-state index in [0.717, 1.165) is 0 Å². The molecule has 10 heavy (non-hydrogen) atoms. The molecule has 0 unspecified atom stereocenters. The van der Waals surface area contributed by atoms with Gasteiger partial charge in [0.05, 0.1) is 0 Å². The van der Waals surface area contributed by atoms with Gasteiger partial charge in [-0.2, -0.15) is 11.1 Å². The Bertz CT molecular complexity index is 102. The third-order valence-electron chi connectivity index (χ3n) is 1.37. The molecule has 2 heteroatoms. The van der Waals surface area contributed by atoms with Crippen molar-refractivity contribution in [2.75, 3.05) is 0 Å². The first-order chi connectivity index (χ1) is 4.27. The fourth-order valence-corrected chi connectivity index (χ4v) is 2.61. The SMILES string of the molecule is CC(C)(C)CC(C)(C)[SiH2]Cl. The predicted octanol–water partition coefficient (Wildman–Crippen LogP) is 2.94. The molecule has 0 aliphatic rings. The monoisotopic (exact) mass is 178 g/mol. The molecule has 0 saturated heterocycles. The van der Waals surface area contributed by atoms with E-state index in [2.05, 4.69) is 34.6 Å². The lowest BCUT2D eigenvalue weighted by molar-refractivity contribution is 0.330. The Morgan fingerprint density at radius 3 is 1.60 bits per heavy atom. The van der Waals surface area contributed by atoms with E-state index in [4.69, 9.17) is 11.1 Å². The molecule has 0 aromatic heterocycles. The van der Waals surface area contributed by atoms with Crippen molar-refractivity contribution in [3.05, 3.63) is 0 Å². The van der Waals surface area contributed by atoms with Crippen LogP contribution in [0.5, 0.6) is 0 Å². The van der Waals surface area contributed by atoms with E-state index in [1.165, 1.54) is 6.42 Å². The molecule has 0 aliphatic carbocycles. The summed E-state index contributed by atoms with van der Waals surface area (Å²) in [5, 5.41) is 0.430. The van der Waals surface area contributed by atoms with E-state index < -0.39 is 0 Å². The summed E-state index contributed by atoms with van der Waals surface area (Å²) in [7, 11) is -0.366. The van der Waals surface area contributed by atoms with Crippen LogP contribution in [0.1, 0.15) is 41.0 Å². The summed E-state index contributed by atoms with van der Waals surface area (Å²) in [6.45, 7) is 11.4. The number of hydrogen-bond acceptors (Lipinski definition) is 0. The molecule has 0 amide bonds. The number of halogens is 1. The van der Waals surface area contributed by atoms with Crippen LogP contribution in [0, 0.1) is 5.41 Å². The van der Waals surface area contributed by atoms with Gasteiger partial charge < -0.3 is 0 Å². The second kappa shape index (κ2) is 3.27. The smallest absolute Gasteiger partial charge is 0.130 e. The third kappa shape index (κ3) is 5.30. The topological polar surface area (TPSA) is 0 Å². The van der Waals surface area contributed by atoms with Gasteiger partial charge in [-0.3, -0.25) is 0 Å². The molecule has 0 nitrogen and oxygen atoms in total. The second-order valence-corrected chi connectivity index (χ2v) is 8.02. The highest BCUT2D eigenvalue weighted by molar-refractivity contribution is 6.95. The lowest BCUT2D eigenvalue weighted by Gasteiger charge is -2.30. The lowest BCUT2D eigenvalue weighted by Crippen LogP contribution is -2.18. The van der Waals surface area contributed by atoms with E-state index in [1.807, 2.05) is 0 Å². The molecule has 0 rings (SSSR count). The van der Waals surface area contributed by atoms with Gasteiger partial charge in [0.1, 0.15) is 8.83 Å². The maximum Gasteiger partial charge on any atom is 0.130 e. The van der Waals surface area contributed by atoms with Crippen molar-refractivity contribution in [3.8, 4) is 0 Å². The van der Waals surface area contributed by atoms with Crippen molar-refractivity contribution in [2.24, 2.45) is 5.41 Å². The van der Waals surface area contributed by atoms with Gasteiger partial charge in [0.2, 0.25) is 0 Å².